The molecule has 8 heteroatoms. The number of morpholine rings is 1. The molecule has 26 heavy (non-hydrogen) atoms. The van der Waals surface area contributed by atoms with Gasteiger partial charge in [0.15, 0.2) is 5.82 Å². The second-order valence-corrected chi connectivity index (χ2v) is 5.85. The smallest absolute Gasteiger partial charge is 0.226 e. The number of hydrogen-bond acceptors (Lipinski definition) is 8. The molecule has 1 fully saturated rings. The zero-order valence-electron chi connectivity index (χ0n) is 14.2. The van der Waals surface area contributed by atoms with Crippen LogP contribution in [0.3, 0.4) is 0 Å². The van der Waals surface area contributed by atoms with Gasteiger partial charge in [0.1, 0.15) is 11.9 Å². The molecule has 1 N–H and O–H groups in total. The van der Waals surface area contributed by atoms with Gasteiger partial charge < -0.3 is 15.0 Å². The first kappa shape index (κ1) is 16.3. The first-order valence-electron chi connectivity index (χ1n) is 8.47. The van der Waals surface area contributed by atoms with E-state index in [4.69, 9.17) is 4.74 Å². The lowest BCUT2D eigenvalue weighted by Gasteiger charge is -2.34. The molecule has 1 atom stereocenters. The second kappa shape index (κ2) is 7.83. The van der Waals surface area contributed by atoms with Gasteiger partial charge in [-0.3, -0.25) is 4.98 Å². The Morgan fingerprint density at radius 1 is 1.08 bits per heavy atom. The van der Waals surface area contributed by atoms with Gasteiger partial charge in [-0.25, -0.2) is 19.9 Å². The van der Waals surface area contributed by atoms with Crippen molar-refractivity contribution in [3.05, 3.63) is 66.6 Å². The summed E-state index contributed by atoms with van der Waals surface area (Å²) < 4.78 is 5.65. The Morgan fingerprint density at radius 3 is 2.85 bits per heavy atom. The van der Waals surface area contributed by atoms with Crippen molar-refractivity contribution >= 4 is 11.8 Å². The number of hydrogen-bond donors (Lipinski definition) is 1. The number of pyridine rings is 1. The van der Waals surface area contributed by atoms with Crippen molar-refractivity contribution in [1.82, 2.24) is 24.9 Å². The summed E-state index contributed by atoms with van der Waals surface area (Å²) in [7, 11) is 0. The van der Waals surface area contributed by atoms with Crippen molar-refractivity contribution < 1.29 is 4.74 Å². The van der Waals surface area contributed by atoms with Gasteiger partial charge in [0, 0.05) is 44.1 Å². The van der Waals surface area contributed by atoms with E-state index in [0.717, 1.165) is 11.4 Å². The molecule has 132 valence electrons. The average Bonchev–Trinajstić information content (AvgIpc) is 2.74. The lowest BCUT2D eigenvalue weighted by Crippen LogP contribution is -2.41. The number of ether oxygens (including phenoxy) is 1. The molecule has 1 aliphatic heterocycles. The van der Waals surface area contributed by atoms with E-state index in [1.54, 1.807) is 30.9 Å². The van der Waals surface area contributed by atoms with E-state index in [-0.39, 0.29) is 6.04 Å². The molecule has 0 bridgehead atoms. The van der Waals surface area contributed by atoms with Gasteiger partial charge >= 0.3 is 0 Å². The number of rotatable bonds is 5. The maximum absolute atomic E-state index is 5.65. The number of nitrogens with zero attached hydrogens (tertiary/aromatic N) is 6. The fraction of sp³-hybridized carbons (Fsp3) is 0.278. The van der Waals surface area contributed by atoms with Gasteiger partial charge in [0.05, 0.1) is 13.2 Å². The van der Waals surface area contributed by atoms with Crippen LogP contribution in [0.2, 0.25) is 0 Å². The SMILES string of the molecule is c1cnc(N2CCOC[C@H]2c2nccc(NCc3cccnc3)n2)nc1. The molecule has 8 nitrogen and oxygen atoms in total. The molecule has 0 spiro atoms. The Labute approximate surface area is 151 Å². The standard InChI is InChI=1S/C18H19N7O/c1-3-14(11-19-5-1)12-23-16-4-8-20-17(24-16)15-13-26-10-9-25(15)18-21-6-2-7-22-18/h1-8,11,15H,9-10,12-13H2,(H,20,23,24)/t15-/m0/s1. The van der Waals surface area contributed by atoms with E-state index in [0.29, 0.717) is 38.1 Å². The minimum absolute atomic E-state index is 0.119. The summed E-state index contributed by atoms with van der Waals surface area (Å²) >= 11 is 0. The van der Waals surface area contributed by atoms with E-state index >= 15 is 0 Å². The molecule has 4 rings (SSSR count). The van der Waals surface area contributed by atoms with E-state index in [1.807, 2.05) is 24.4 Å². The summed E-state index contributed by atoms with van der Waals surface area (Å²) in [5.41, 5.74) is 1.09. The predicted octanol–water partition coefficient (Wildman–Crippen LogP) is 1.85. The fourth-order valence-corrected chi connectivity index (χ4v) is 2.82. The minimum Gasteiger partial charge on any atom is -0.377 e. The van der Waals surface area contributed by atoms with Crippen molar-refractivity contribution in [3.63, 3.8) is 0 Å². The normalized spacial score (nSPS) is 17.1. The maximum Gasteiger partial charge on any atom is 0.226 e. The van der Waals surface area contributed by atoms with Crippen LogP contribution in [0.1, 0.15) is 17.4 Å². The molecule has 0 amide bonds. The monoisotopic (exact) mass is 349 g/mol. The predicted molar refractivity (Wildman–Crippen MR) is 96.5 cm³/mol. The van der Waals surface area contributed by atoms with E-state index < -0.39 is 0 Å². The maximum atomic E-state index is 5.65. The van der Waals surface area contributed by atoms with E-state index in [2.05, 4.69) is 35.1 Å². The Balaban J connectivity index is 1.52. The third-order valence-corrected chi connectivity index (χ3v) is 4.11. The van der Waals surface area contributed by atoms with Gasteiger partial charge in [-0.2, -0.15) is 0 Å². The lowest BCUT2D eigenvalue weighted by atomic mass is 10.2. The van der Waals surface area contributed by atoms with Gasteiger partial charge in [-0.1, -0.05) is 6.07 Å². The summed E-state index contributed by atoms with van der Waals surface area (Å²) in [6.07, 6.45) is 8.82. The number of anilines is 2. The largest absolute Gasteiger partial charge is 0.377 e. The Kier molecular flexibility index (Phi) is 4.92. The van der Waals surface area contributed by atoms with Crippen LogP contribution in [0.4, 0.5) is 11.8 Å². The zero-order chi connectivity index (χ0) is 17.6. The van der Waals surface area contributed by atoms with Crippen molar-refractivity contribution in [2.75, 3.05) is 30.0 Å². The highest BCUT2D eigenvalue weighted by molar-refractivity contribution is 5.38. The first-order chi connectivity index (χ1) is 12.9. The first-order valence-corrected chi connectivity index (χ1v) is 8.47. The van der Waals surface area contributed by atoms with Crippen LogP contribution < -0.4 is 10.2 Å². The van der Waals surface area contributed by atoms with Crippen molar-refractivity contribution in [2.45, 2.75) is 12.6 Å². The molecule has 1 saturated heterocycles. The van der Waals surface area contributed by atoms with E-state index in [1.165, 1.54) is 0 Å². The molecular formula is C18H19N7O. The summed E-state index contributed by atoms with van der Waals surface area (Å²) in [6, 6.07) is 7.47. The highest BCUT2D eigenvalue weighted by Crippen LogP contribution is 2.25. The minimum atomic E-state index is -0.119. The average molecular weight is 349 g/mol. The molecule has 0 radical (unpaired) electrons. The quantitative estimate of drug-likeness (QED) is 0.746. The molecule has 0 aromatic carbocycles. The Morgan fingerprint density at radius 2 is 2.00 bits per heavy atom. The second-order valence-electron chi connectivity index (χ2n) is 5.85. The van der Waals surface area contributed by atoms with Crippen LogP contribution >= 0.6 is 0 Å². The topological polar surface area (TPSA) is 89.0 Å². The van der Waals surface area contributed by atoms with Crippen LogP contribution in [0.15, 0.2) is 55.2 Å². The lowest BCUT2D eigenvalue weighted by molar-refractivity contribution is 0.0908. The fourth-order valence-electron chi connectivity index (χ4n) is 2.82. The molecular weight excluding hydrogens is 330 g/mol. The van der Waals surface area contributed by atoms with Crippen molar-refractivity contribution in [1.29, 1.82) is 0 Å². The molecule has 0 aliphatic carbocycles. The Bertz CT molecular complexity index is 831. The molecule has 1 aliphatic rings. The van der Waals surface area contributed by atoms with Crippen LogP contribution in [0, 0.1) is 0 Å². The molecule has 0 saturated carbocycles. The van der Waals surface area contributed by atoms with Crippen LogP contribution in [0.25, 0.3) is 0 Å². The number of aromatic nitrogens is 5. The van der Waals surface area contributed by atoms with Crippen molar-refractivity contribution in [2.24, 2.45) is 0 Å². The molecule has 3 aromatic heterocycles. The van der Waals surface area contributed by atoms with Gasteiger partial charge in [0.2, 0.25) is 5.95 Å². The summed E-state index contributed by atoms with van der Waals surface area (Å²) in [5, 5.41) is 3.31. The van der Waals surface area contributed by atoms with Crippen LogP contribution in [-0.4, -0.2) is 44.7 Å². The van der Waals surface area contributed by atoms with Gasteiger partial charge in [0.25, 0.3) is 0 Å². The number of nitrogens with one attached hydrogen (secondary N) is 1. The molecule has 0 unspecified atom stereocenters. The highest BCUT2D eigenvalue weighted by Gasteiger charge is 2.28. The van der Waals surface area contributed by atoms with Gasteiger partial charge in [-0.05, 0) is 23.8 Å². The summed E-state index contributed by atoms with van der Waals surface area (Å²) in [4.78, 5) is 24.0. The van der Waals surface area contributed by atoms with E-state index in [9.17, 15) is 0 Å². The Hall–Kier alpha value is -3.13. The van der Waals surface area contributed by atoms with Crippen molar-refractivity contribution in [3.8, 4) is 0 Å². The highest BCUT2D eigenvalue weighted by atomic mass is 16.5. The van der Waals surface area contributed by atoms with Gasteiger partial charge in [-0.15, -0.1) is 0 Å². The third kappa shape index (κ3) is 3.75. The zero-order valence-corrected chi connectivity index (χ0v) is 14.2. The third-order valence-electron chi connectivity index (χ3n) is 4.11. The molecule has 4 heterocycles. The molecule has 3 aromatic rings. The summed E-state index contributed by atoms with van der Waals surface area (Å²) in [5.74, 6) is 2.12. The van der Waals surface area contributed by atoms with Crippen LogP contribution in [0.5, 0.6) is 0 Å². The van der Waals surface area contributed by atoms with Crippen LogP contribution in [-0.2, 0) is 11.3 Å². The summed E-state index contributed by atoms with van der Waals surface area (Å²) in [6.45, 7) is 2.49.